The van der Waals surface area contributed by atoms with Crippen molar-refractivity contribution in [3.05, 3.63) is 44.3 Å². The lowest BCUT2D eigenvalue weighted by molar-refractivity contribution is 0.0910. The van der Waals surface area contributed by atoms with Crippen molar-refractivity contribution in [1.29, 1.82) is 0 Å². The molecule has 0 atom stereocenters. The van der Waals surface area contributed by atoms with E-state index in [2.05, 4.69) is 52.7 Å². The fourth-order valence-corrected chi connectivity index (χ4v) is 4.24. The molecule has 0 bridgehead atoms. The van der Waals surface area contributed by atoms with Crippen LogP contribution in [0, 0.1) is 5.41 Å². The van der Waals surface area contributed by atoms with Gasteiger partial charge in [0.15, 0.2) is 5.78 Å². The molecule has 0 radical (unpaired) electrons. The third-order valence-electron chi connectivity index (χ3n) is 3.62. The Morgan fingerprint density at radius 3 is 2.79 bits per heavy atom. The zero-order chi connectivity index (χ0) is 13.6. The van der Waals surface area contributed by atoms with Gasteiger partial charge in [0.25, 0.3) is 0 Å². The van der Waals surface area contributed by atoms with Crippen LogP contribution in [-0.2, 0) is 13.0 Å². The van der Waals surface area contributed by atoms with Gasteiger partial charge in [-0.2, -0.15) is 0 Å². The number of hydrogen-bond donors (Lipinski definition) is 0. The fourth-order valence-electron chi connectivity index (χ4n) is 2.75. The van der Waals surface area contributed by atoms with E-state index in [4.69, 9.17) is 0 Å². The van der Waals surface area contributed by atoms with Crippen LogP contribution in [0.4, 0.5) is 0 Å². The van der Waals surface area contributed by atoms with Crippen molar-refractivity contribution in [2.75, 3.05) is 0 Å². The summed E-state index contributed by atoms with van der Waals surface area (Å²) in [4.78, 5) is 13.5. The van der Waals surface area contributed by atoms with E-state index in [1.165, 1.54) is 10.6 Å². The van der Waals surface area contributed by atoms with Gasteiger partial charge in [0.05, 0.1) is 10.3 Å². The number of thiophene rings is 1. The number of halogens is 1. The Morgan fingerprint density at radius 2 is 2.11 bits per heavy atom. The van der Waals surface area contributed by atoms with Gasteiger partial charge >= 0.3 is 0 Å². The first-order valence-electron chi connectivity index (χ1n) is 6.40. The van der Waals surface area contributed by atoms with E-state index in [-0.39, 0.29) is 11.2 Å². The third kappa shape index (κ3) is 2.56. The predicted molar refractivity (Wildman–Crippen MR) is 82.0 cm³/mol. The Balaban J connectivity index is 1.95. The Morgan fingerprint density at radius 1 is 1.32 bits per heavy atom. The van der Waals surface area contributed by atoms with Gasteiger partial charge in [-0.05, 0) is 46.0 Å². The molecule has 0 N–H and O–H groups in total. The molecule has 2 aromatic rings. The zero-order valence-corrected chi connectivity index (χ0v) is 13.5. The molecule has 0 unspecified atom stereocenters. The van der Waals surface area contributed by atoms with E-state index >= 15 is 0 Å². The van der Waals surface area contributed by atoms with Gasteiger partial charge in [0, 0.05) is 28.8 Å². The largest absolute Gasteiger partial charge is 0.345 e. The average molecular weight is 338 g/mol. The quantitative estimate of drug-likeness (QED) is 0.789. The summed E-state index contributed by atoms with van der Waals surface area (Å²) >= 11 is 5.24. The molecule has 1 aliphatic rings. The number of carbonyl (C=O) groups is 1. The molecular weight excluding hydrogens is 322 g/mol. The van der Waals surface area contributed by atoms with Crippen LogP contribution in [-0.4, -0.2) is 10.4 Å². The second kappa shape index (κ2) is 4.60. The lowest BCUT2D eigenvalue weighted by atomic mass is 9.76. The SMILES string of the molecule is CC1(C)CC(=O)c2ccn(Cc3ccc(Br)s3)c2C1. The molecule has 0 spiro atoms. The number of hydrogen-bond acceptors (Lipinski definition) is 2. The number of ketones is 1. The molecule has 1 aliphatic carbocycles. The smallest absolute Gasteiger partial charge is 0.165 e. The minimum Gasteiger partial charge on any atom is -0.345 e. The summed E-state index contributed by atoms with van der Waals surface area (Å²) < 4.78 is 3.38. The first kappa shape index (κ1) is 13.1. The van der Waals surface area contributed by atoms with Crippen molar-refractivity contribution in [2.45, 2.75) is 33.2 Å². The van der Waals surface area contributed by atoms with Crippen molar-refractivity contribution in [1.82, 2.24) is 4.57 Å². The van der Waals surface area contributed by atoms with Crippen LogP contribution in [0.3, 0.4) is 0 Å². The highest BCUT2D eigenvalue weighted by Gasteiger charge is 2.32. The van der Waals surface area contributed by atoms with Gasteiger partial charge < -0.3 is 4.57 Å². The maximum Gasteiger partial charge on any atom is 0.165 e. The first-order chi connectivity index (χ1) is 8.94. The zero-order valence-electron chi connectivity index (χ0n) is 11.1. The van der Waals surface area contributed by atoms with E-state index in [0.717, 1.165) is 22.3 Å². The molecule has 0 amide bonds. The third-order valence-corrected chi connectivity index (χ3v) is 5.23. The molecule has 2 nitrogen and oxygen atoms in total. The monoisotopic (exact) mass is 337 g/mol. The number of carbonyl (C=O) groups excluding carboxylic acids is 1. The molecule has 0 saturated heterocycles. The molecule has 0 aliphatic heterocycles. The summed E-state index contributed by atoms with van der Waals surface area (Å²) in [5.74, 6) is 0.289. The fraction of sp³-hybridized carbons (Fsp3) is 0.400. The topological polar surface area (TPSA) is 22.0 Å². The Labute approximate surface area is 125 Å². The molecule has 4 heteroatoms. The maximum atomic E-state index is 12.2. The summed E-state index contributed by atoms with van der Waals surface area (Å²) in [5, 5.41) is 0. The standard InChI is InChI=1S/C15H16BrNOS/c1-15(2)7-12-11(13(18)8-15)5-6-17(12)9-10-3-4-14(16)19-10/h3-6H,7-9H2,1-2H3. The number of Topliss-reactive ketones (excluding diaryl/α,β-unsaturated/α-hetero) is 1. The highest BCUT2D eigenvalue weighted by atomic mass is 79.9. The van der Waals surface area contributed by atoms with Crippen molar-refractivity contribution >= 4 is 33.0 Å². The molecule has 2 heterocycles. The van der Waals surface area contributed by atoms with Gasteiger partial charge in [-0.25, -0.2) is 0 Å². The molecule has 19 heavy (non-hydrogen) atoms. The van der Waals surface area contributed by atoms with Gasteiger partial charge in [0.1, 0.15) is 0 Å². The second-order valence-corrected chi connectivity index (χ2v) is 8.50. The highest BCUT2D eigenvalue weighted by Crippen LogP contribution is 2.35. The molecule has 2 aromatic heterocycles. The maximum absolute atomic E-state index is 12.2. The van der Waals surface area contributed by atoms with E-state index < -0.39 is 0 Å². The van der Waals surface area contributed by atoms with E-state index in [9.17, 15) is 4.79 Å². The summed E-state index contributed by atoms with van der Waals surface area (Å²) in [6.07, 6.45) is 3.69. The van der Waals surface area contributed by atoms with Crippen LogP contribution < -0.4 is 0 Å². The number of nitrogens with zero attached hydrogens (tertiary/aromatic N) is 1. The molecule has 0 saturated carbocycles. The van der Waals surface area contributed by atoms with Crippen LogP contribution in [0.25, 0.3) is 0 Å². The number of fused-ring (bicyclic) bond motifs is 1. The van der Waals surface area contributed by atoms with Crippen LogP contribution in [0.2, 0.25) is 0 Å². The lowest BCUT2D eigenvalue weighted by Gasteiger charge is -2.29. The molecule has 0 aromatic carbocycles. The minimum atomic E-state index is 0.0796. The molecular formula is C15H16BrNOS. The van der Waals surface area contributed by atoms with Crippen molar-refractivity contribution in [3.8, 4) is 0 Å². The van der Waals surface area contributed by atoms with Crippen LogP contribution >= 0.6 is 27.3 Å². The van der Waals surface area contributed by atoms with E-state index in [1.807, 2.05) is 6.07 Å². The van der Waals surface area contributed by atoms with Crippen molar-refractivity contribution in [3.63, 3.8) is 0 Å². The minimum absolute atomic E-state index is 0.0796. The lowest BCUT2D eigenvalue weighted by Crippen LogP contribution is -2.28. The number of aromatic nitrogens is 1. The summed E-state index contributed by atoms with van der Waals surface area (Å²) in [7, 11) is 0. The second-order valence-electron chi connectivity index (χ2n) is 5.95. The van der Waals surface area contributed by atoms with Crippen LogP contribution in [0.1, 0.15) is 41.2 Å². The van der Waals surface area contributed by atoms with E-state index in [1.54, 1.807) is 11.3 Å². The van der Waals surface area contributed by atoms with E-state index in [0.29, 0.717) is 6.42 Å². The van der Waals surface area contributed by atoms with Crippen molar-refractivity contribution < 1.29 is 4.79 Å². The summed E-state index contributed by atoms with van der Waals surface area (Å²) in [6.45, 7) is 5.20. The van der Waals surface area contributed by atoms with Gasteiger partial charge in [-0.1, -0.05) is 13.8 Å². The molecule has 3 rings (SSSR count). The van der Waals surface area contributed by atoms with Crippen LogP contribution in [0.15, 0.2) is 28.2 Å². The summed E-state index contributed by atoms with van der Waals surface area (Å²) in [6, 6.07) is 6.19. The van der Waals surface area contributed by atoms with Gasteiger partial charge in [-0.3, -0.25) is 4.79 Å². The van der Waals surface area contributed by atoms with Crippen LogP contribution in [0.5, 0.6) is 0 Å². The first-order valence-corrected chi connectivity index (χ1v) is 8.01. The Hall–Kier alpha value is -0.870. The Bertz CT molecular complexity index is 638. The number of rotatable bonds is 2. The van der Waals surface area contributed by atoms with Gasteiger partial charge in [0.2, 0.25) is 0 Å². The summed E-state index contributed by atoms with van der Waals surface area (Å²) in [5.41, 5.74) is 2.21. The predicted octanol–water partition coefficient (Wildman–Crippen LogP) is 4.52. The Kier molecular flexibility index (Phi) is 3.18. The average Bonchev–Trinajstić information content (AvgIpc) is 2.86. The molecule has 100 valence electrons. The molecule has 0 fully saturated rings. The van der Waals surface area contributed by atoms with Gasteiger partial charge in [-0.15, -0.1) is 11.3 Å². The normalized spacial score (nSPS) is 17.5. The highest BCUT2D eigenvalue weighted by molar-refractivity contribution is 9.11. The van der Waals surface area contributed by atoms with Crippen molar-refractivity contribution in [2.24, 2.45) is 5.41 Å².